The van der Waals surface area contributed by atoms with Crippen LogP contribution in [0.1, 0.15) is 6.92 Å². The number of hydrogen-bond acceptors (Lipinski definition) is 8. The number of amides is 1. The van der Waals surface area contributed by atoms with Gasteiger partial charge in [0.1, 0.15) is 35.8 Å². The van der Waals surface area contributed by atoms with E-state index in [9.17, 15) is 15.0 Å². The van der Waals surface area contributed by atoms with Crippen LogP contribution in [0.2, 0.25) is 0 Å². The first kappa shape index (κ1) is 21.9. The summed E-state index contributed by atoms with van der Waals surface area (Å²) in [6.07, 6.45) is -1.10. The van der Waals surface area contributed by atoms with Crippen LogP contribution >= 0.6 is 0 Å². The molecular weight excluding hydrogens is 392 g/mol. The quantitative estimate of drug-likeness (QED) is 0.516. The van der Waals surface area contributed by atoms with Crippen LogP contribution < -0.4 is 10.1 Å². The van der Waals surface area contributed by atoms with Gasteiger partial charge in [0.05, 0.1) is 26.5 Å². The summed E-state index contributed by atoms with van der Waals surface area (Å²) in [7, 11) is 1.59. The van der Waals surface area contributed by atoms with Crippen molar-refractivity contribution in [1.29, 1.82) is 0 Å². The Morgan fingerprint density at radius 2 is 2.07 bits per heavy atom. The van der Waals surface area contributed by atoms with Gasteiger partial charge in [-0.25, -0.2) is 4.68 Å². The van der Waals surface area contributed by atoms with Crippen molar-refractivity contribution in [1.82, 2.24) is 20.3 Å². The van der Waals surface area contributed by atoms with E-state index in [1.807, 2.05) is 24.3 Å². The molecule has 1 aliphatic heterocycles. The zero-order chi connectivity index (χ0) is 21.7. The molecule has 5 atom stereocenters. The number of carbonyl (C=O) groups is 1. The zero-order valence-electron chi connectivity index (χ0n) is 16.8. The lowest BCUT2D eigenvalue weighted by atomic mass is 9.96. The molecule has 3 rings (SSSR count). The van der Waals surface area contributed by atoms with Gasteiger partial charge in [0.25, 0.3) is 0 Å². The number of benzene rings is 1. The van der Waals surface area contributed by atoms with Gasteiger partial charge in [0.15, 0.2) is 6.29 Å². The average Bonchev–Trinajstić information content (AvgIpc) is 3.21. The third-order valence-corrected chi connectivity index (χ3v) is 4.74. The van der Waals surface area contributed by atoms with Crippen molar-refractivity contribution in [3.8, 4) is 17.0 Å². The zero-order valence-corrected chi connectivity index (χ0v) is 16.8. The summed E-state index contributed by atoms with van der Waals surface area (Å²) in [6.45, 7) is 5.18. The Hall–Kier alpha value is -2.79. The first-order valence-electron chi connectivity index (χ1n) is 9.48. The number of aliphatic hydroxyl groups is 2. The lowest BCUT2D eigenvalue weighted by Crippen LogP contribution is -2.64. The second-order valence-corrected chi connectivity index (χ2v) is 6.93. The van der Waals surface area contributed by atoms with E-state index >= 15 is 0 Å². The molecule has 0 radical (unpaired) electrons. The van der Waals surface area contributed by atoms with E-state index in [1.54, 1.807) is 13.3 Å². The summed E-state index contributed by atoms with van der Waals surface area (Å²) in [5, 5.41) is 31.8. The summed E-state index contributed by atoms with van der Waals surface area (Å²) in [5.41, 5.74) is 1.49. The molecule has 10 nitrogen and oxygen atoms in total. The summed E-state index contributed by atoms with van der Waals surface area (Å²) in [4.78, 5) is 11.5. The van der Waals surface area contributed by atoms with E-state index in [4.69, 9.17) is 14.2 Å². The smallest absolute Gasteiger partial charge is 0.217 e. The van der Waals surface area contributed by atoms with E-state index in [-0.39, 0.29) is 19.1 Å². The van der Waals surface area contributed by atoms with Crippen LogP contribution in [-0.4, -0.2) is 75.5 Å². The molecule has 2 aromatic rings. The molecule has 10 heteroatoms. The molecule has 0 spiro atoms. The molecule has 0 aliphatic carbocycles. The molecule has 1 fully saturated rings. The number of nitrogens with one attached hydrogen (secondary N) is 1. The van der Waals surface area contributed by atoms with Gasteiger partial charge in [-0.2, -0.15) is 0 Å². The topological polar surface area (TPSA) is 128 Å². The van der Waals surface area contributed by atoms with Crippen molar-refractivity contribution in [2.24, 2.45) is 0 Å². The van der Waals surface area contributed by atoms with E-state index in [0.717, 1.165) is 11.3 Å². The largest absolute Gasteiger partial charge is 0.497 e. The maximum absolute atomic E-state index is 11.5. The van der Waals surface area contributed by atoms with Crippen LogP contribution in [0.3, 0.4) is 0 Å². The minimum absolute atomic E-state index is 0.127. The molecule has 2 heterocycles. The fraction of sp³-hybridized carbons (Fsp3) is 0.450. The third kappa shape index (κ3) is 5.03. The minimum Gasteiger partial charge on any atom is -0.497 e. The fourth-order valence-corrected chi connectivity index (χ4v) is 3.24. The lowest BCUT2D eigenvalue weighted by molar-refractivity contribution is -0.264. The van der Waals surface area contributed by atoms with Crippen LogP contribution in [0.4, 0.5) is 0 Å². The fourth-order valence-electron chi connectivity index (χ4n) is 3.24. The van der Waals surface area contributed by atoms with Crippen LogP contribution in [0.15, 0.2) is 43.1 Å². The predicted octanol–water partition coefficient (Wildman–Crippen LogP) is 0.108. The molecule has 162 valence electrons. The van der Waals surface area contributed by atoms with Crippen molar-refractivity contribution in [3.05, 3.63) is 43.1 Å². The van der Waals surface area contributed by atoms with Crippen LogP contribution in [0, 0.1) is 0 Å². The molecule has 1 aliphatic rings. The standard InChI is InChI=1S/C20H26N4O6/c1-4-9-29-20-17(21-12(2)25)19(27)18(26)16(30-20)11-24-10-15(22-23-24)13-5-7-14(28-3)8-6-13/h4-8,10,16-20,26-27H,1,9,11H2,2-3H3,(H,21,25)/t16-,17-,18+,19-,20-/m1/s1. The van der Waals surface area contributed by atoms with Gasteiger partial charge < -0.3 is 29.7 Å². The lowest BCUT2D eigenvalue weighted by Gasteiger charge is -2.42. The summed E-state index contributed by atoms with van der Waals surface area (Å²) in [5.74, 6) is 0.360. The Morgan fingerprint density at radius 1 is 1.33 bits per heavy atom. The number of nitrogens with zero attached hydrogens (tertiary/aromatic N) is 3. The molecule has 1 aromatic carbocycles. The highest BCUT2D eigenvalue weighted by atomic mass is 16.7. The normalized spacial score (nSPS) is 26.2. The van der Waals surface area contributed by atoms with Crippen molar-refractivity contribution in [2.75, 3.05) is 13.7 Å². The number of carbonyl (C=O) groups excluding carboxylic acids is 1. The molecule has 3 N–H and O–H groups in total. The van der Waals surface area contributed by atoms with Gasteiger partial charge in [0, 0.05) is 12.5 Å². The van der Waals surface area contributed by atoms with Crippen molar-refractivity contribution >= 4 is 5.91 Å². The molecule has 1 amide bonds. The molecule has 0 unspecified atom stereocenters. The highest BCUT2D eigenvalue weighted by Gasteiger charge is 2.45. The van der Waals surface area contributed by atoms with Gasteiger partial charge in [-0.05, 0) is 24.3 Å². The Labute approximate surface area is 174 Å². The first-order valence-corrected chi connectivity index (χ1v) is 9.48. The summed E-state index contributed by atoms with van der Waals surface area (Å²) < 4.78 is 18.0. The molecule has 0 saturated carbocycles. The number of hydrogen-bond donors (Lipinski definition) is 3. The van der Waals surface area contributed by atoms with Gasteiger partial charge in [0.2, 0.25) is 5.91 Å². The van der Waals surface area contributed by atoms with Crippen molar-refractivity contribution in [2.45, 2.75) is 44.1 Å². The first-order chi connectivity index (χ1) is 14.4. The van der Waals surface area contributed by atoms with E-state index < -0.39 is 30.6 Å². The van der Waals surface area contributed by atoms with E-state index in [1.165, 1.54) is 17.7 Å². The van der Waals surface area contributed by atoms with Crippen molar-refractivity contribution < 1.29 is 29.2 Å². The third-order valence-electron chi connectivity index (χ3n) is 4.74. The molecule has 0 bridgehead atoms. The maximum atomic E-state index is 11.5. The van der Waals surface area contributed by atoms with Gasteiger partial charge in [-0.3, -0.25) is 4.79 Å². The molecule has 1 aromatic heterocycles. The minimum atomic E-state index is -1.29. The second-order valence-electron chi connectivity index (χ2n) is 6.93. The molecule has 30 heavy (non-hydrogen) atoms. The number of ether oxygens (including phenoxy) is 3. The predicted molar refractivity (Wildman–Crippen MR) is 106 cm³/mol. The second kappa shape index (κ2) is 9.81. The SMILES string of the molecule is C=CCO[C@@H]1O[C@H](Cn2cc(-c3ccc(OC)cc3)nn2)[C@H](O)[C@H](O)[C@H]1NC(C)=O. The van der Waals surface area contributed by atoms with Gasteiger partial charge in [-0.1, -0.05) is 11.3 Å². The Morgan fingerprint density at radius 3 is 2.70 bits per heavy atom. The maximum Gasteiger partial charge on any atom is 0.217 e. The van der Waals surface area contributed by atoms with Crippen molar-refractivity contribution in [3.63, 3.8) is 0 Å². The Balaban J connectivity index is 1.72. The Kier molecular flexibility index (Phi) is 7.16. The highest BCUT2D eigenvalue weighted by Crippen LogP contribution is 2.24. The van der Waals surface area contributed by atoms with Crippen LogP contribution in [0.25, 0.3) is 11.3 Å². The number of rotatable bonds is 8. The van der Waals surface area contributed by atoms with Crippen LogP contribution in [-0.2, 0) is 20.8 Å². The van der Waals surface area contributed by atoms with E-state index in [2.05, 4.69) is 22.2 Å². The van der Waals surface area contributed by atoms with Gasteiger partial charge in [-0.15, -0.1) is 11.7 Å². The number of aromatic nitrogens is 3. The van der Waals surface area contributed by atoms with Gasteiger partial charge >= 0.3 is 0 Å². The summed E-state index contributed by atoms with van der Waals surface area (Å²) in [6, 6.07) is 6.45. The number of methoxy groups -OCH3 is 1. The number of aliphatic hydroxyl groups excluding tert-OH is 2. The van der Waals surface area contributed by atoms with E-state index in [0.29, 0.717) is 5.69 Å². The average molecular weight is 418 g/mol. The monoisotopic (exact) mass is 418 g/mol. The Bertz CT molecular complexity index is 855. The molecule has 1 saturated heterocycles. The summed E-state index contributed by atoms with van der Waals surface area (Å²) >= 11 is 0. The molecular formula is C20H26N4O6. The van der Waals surface area contributed by atoms with Crippen LogP contribution in [0.5, 0.6) is 5.75 Å². The highest BCUT2D eigenvalue weighted by molar-refractivity contribution is 5.73.